The summed E-state index contributed by atoms with van der Waals surface area (Å²) in [6, 6.07) is 33.1. The van der Waals surface area contributed by atoms with E-state index in [0.29, 0.717) is 0 Å². The summed E-state index contributed by atoms with van der Waals surface area (Å²) in [5.74, 6) is 1.70. The van der Waals surface area contributed by atoms with Gasteiger partial charge in [-0.05, 0) is 35.1 Å². The van der Waals surface area contributed by atoms with Crippen LogP contribution in [0.5, 0.6) is 11.5 Å². The topological polar surface area (TPSA) is 9.23 Å². The zero-order valence-electron chi connectivity index (χ0n) is 19.9. The molecule has 172 valence electrons. The molecule has 35 heavy (non-hydrogen) atoms. The lowest BCUT2D eigenvalue weighted by Crippen LogP contribution is -1.99. The van der Waals surface area contributed by atoms with Crippen molar-refractivity contribution in [2.45, 2.75) is 12.8 Å². The van der Waals surface area contributed by atoms with E-state index in [1.165, 1.54) is 0 Å². The van der Waals surface area contributed by atoms with Crippen LogP contribution in [0, 0.1) is 0 Å². The molecule has 0 unspecified atom stereocenters. The maximum Gasteiger partial charge on any atom is 0.138 e. The summed E-state index contributed by atoms with van der Waals surface area (Å²) in [4.78, 5) is 0. The van der Waals surface area contributed by atoms with Crippen LogP contribution in [0.25, 0.3) is 24.3 Å². The summed E-state index contributed by atoms with van der Waals surface area (Å²) in [5, 5.41) is 0. The fourth-order valence-electron chi connectivity index (χ4n) is 3.96. The van der Waals surface area contributed by atoms with Gasteiger partial charge >= 0.3 is 0 Å². The molecule has 0 aliphatic rings. The van der Waals surface area contributed by atoms with Gasteiger partial charge < -0.3 is 4.74 Å². The summed E-state index contributed by atoms with van der Waals surface area (Å²) in [5.41, 5.74) is 6.54. The van der Waals surface area contributed by atoms with E-state index in [-0.39, 0.29) is 0 Å². The zero-order chi connectivity index (χ0) is 24.3. The molecule has 0 radical (unpaired) electrons. The van der Waals surface area contributed by atoms with Gasteiger partial charge in [0, 0.05) is 11.1 Å². The van der Waals surface area contributed by atoms with Crippen molar-refractivity contribution in [1.29, 1.82) is 0 Å². The molecule has 0 amide bonds. The van der Waals surface area contributed by atoms with Crippen LogP contribution in [0.3, 0.4) is 0 Å². The van der Waals surface area contributed by atoms with Gasteiger partial charge in [0.05, 0.1) is 0 Å². The Morgan fingerprint density at radius 1 is 0.486 bits per heavy atom. The molecule has 4 aromatic rings. The first-order valence-electron chi connectivity index (χ1n) is 11.9. The molecule has 0 heterocycles. The van der Waals surface area contributed by atoms with Crippen LogP contribution in [0.4, 0.5) is 0 Å². The van der Waals surface area contributed by atoms with Gasteiger partial charge in [0.1, 0.15) is 11.5 Å². The fraction of sp³-hybridized carbons (Fsp3) is 0.0588. The molecule has 0 aliphatic heterocycles. The van der Waals surface area contributed by atoms with Crippen LogP contribution in [-0.4, -0.2) is 0 Å². The number of para-hydroxylation sites is 2. The van der Waals surface area contributed by atoms with Crippen LogP contribution in [-0.2, 0) is 12.8 Å². The Bertz CT molecular complexity index is 1220. The lowest BCUT2D eigenvalue weighted by Gasteiger charge is -2.18. The first kappa shape index (κ1) is 23.8. The Kier molecular flexibility index (Phi) is 8.29. The third kappa shape index (κ3) is 6.37. The van der Waals surface area contributed by atoms with Gasteiger partial charge in [-0.25, -0.2) is 0 Å². The molecule has 0 fully saturated rings. The number of rotatable bonds is 10. The van der Waals surface area contributed by atoms with E-state index in [0.717, 1.165) is 57.7 Å². The summed E-state index contributed by atoms with van der Waals surface area (Å²) in [6.45, 7) is 7.91. The van der Waals surface area contributed by atoms with Gasteiger partial charge in [0.25, 0.3) is 0 Å². The normalized spacial score (nSPS) is 11.1. The predicted octanol–water partition coefficient (Wildman–Crippen LogP) is 9.28. The first-order valence-corrected chi connectivity index (χ1v) is 11.9. The second-order valence-corrected chi connectivity index (χ2v) is 8.25. The van der Waals surface area contributed by atoms with Crippen molar-refractivity contribution in [3.05, 3.63) is 156 Å². The van der Waals surface area contributed by atoms with E-state index in [4.69, 9.17) is 4.74 Å². The lowest BCUT2D eigenvalue weighted by atomic mass is 10.0. The van der Waals surface area contributed by atoms with Gasteiger partial charge in [0.15, 0.2) is 0 Å². The van der Waals surface area contributed by atoms with Crippen molar-refractivity contribution in [3.63, 3.8) is 0 Å². The van der Waals surface area contributed by atoms with E-state index in [9.17, 15) is 0 Å². The largest absolute Gasteiger partial charge is 0.456 e. The molecule has 1 heteroatoms. The van der Waals surface area contributed by atoms with Gasteiger partial charge in [-0.3, -0.25) is 0 Å². The highest BCUT2D eigenvalue weighted by Gasteiger charge is 2.14. The van der Waals surface area contributed by atoms with Crippen LogP contribution in [0.1, 0.15) is 33.4 Å². The SMILES string of the molecule is C=CCc1cccc(C=Cc2ccccc2)c1Oc1c(C=Cc2ccccc2)cccc1CC=C. The van der Waals surface area contributed by atoms with Crippen LogP contribution in [0.2, 0.25) is 0 Å². The van der Waals surface area contributed by atoms with E-state index < -0.39 is 0 Å². The van der Waals surface area contributed by atoms with Crippen molar-refractivity contribution in [2.24, 2.45) is 0 Å². The van der Waals surface area contributed by atoms with Crippen molar-refractivity contribution in [3.8, 4) is 11.5 Å². The highest BCUT2D eigenvalue weighted by molar-refractivity contribution is 5.76. The number of hydrogen-bond acceptors (Lipinski definition) is 1. The highest BCUT2D eigenvalue weighted by Crippen LogP contribution is 2.36. The molecule has 0 spiro atoms. The smallest absolute Gasteiger partial charge is 0.138 e. The molecular weight excluding hydrogens is 424 g/mol. The third-order valence-electron chi connectivity index (χ3n) is 5.70. The molecule has 0 atom stereocenters. The first-order chi connectivity index (χ1) is 17.3. The molecule has 0 aliphatic carbocycles. The summed E-state index contributed by atoms with van der Waals surface area (Å²) in [7, 11) is 0. The Balaban J connectivity index is 1.78. The van der Waals surface area contributed by atoms with E-state index in [2.05, 4.69) is 98.1 Å². The average Bonchev–Trinajstić information content (AvgIpc) is 2.90. The average molecular weight is 455 g/mol. The predicted molar refractivity (Wildman–Crippen MR) is 151 cm³/mol. The van der Waals surface area contributed by atoms with Crippen molar-refractivity contribution in [2.75, 3.05) is 0 Å². The van der Waals surface area contributed by atoms with Crippen molar-refractivity contribution >= 4 is 24.3 Å². The van der Waals surface area contributed by atoms with Crippen LogP contribution in [0.15, 0.2) is 122 Å². The van der Waals surface area contributed by atoms with Crippen LogP contribution < -0.4 is 4.74 Å². The van der Waals surface area contributed by atoms with Crippen molar-refractivity contribution in [1.82, 2.24) is 0 Å². The Morgan fingerprint density at radius 2 is 0.914 bits per heavy atom. The van der Waals surface area contributed by atoms with E-state index in [1.54, 1.807) is 0 Å². The molecule has 0 bridgehead atoms. The standard InChI is InChI=1S/C34H30O/c1-3-13-29-19-11-21-31(25-23-27-15-7-5-8-16-27)33(29)35-34-30(14-4-2)20-12-22-32(34)26-24-28-17-9-6-10-18-28/h3-12,15-26H,1-2,13-14H2. The van der Waals surface area contributed by atoms with Crippen molar-refractivity contribution < 1.29 is 4.74 Å². The fourth-order valence-corrected chi connectivity index (χ4v) is 3.96. The second kappa shape index (κ2) is 12.2. The van der Waals surface area contributed by atoms with Gasteiger partial charge in [-0.1, -0.05) is 134 Å². The molecule has 0 N–H and O–H groups in total. The third-order valence-corrected chi connectivity index (χ3v) is 5.70. The second-order valence-electron chi connectivity index (χ2n) is 8.25. The summed E-state index contributed by atoms with van der Waals surface area (Å²) in [6.07, 6.45) is 13.7. The Labute approximate surface area is 209 Å². The van der Waals surface area contributed by atoms with Gasteiger partial charge in [-0.2, -0.15) is 0 Å². The highest BCUT2D eigenvalue weighted by atomic mass is 16.5. The molecule has 4 rings (SSSR count). The molecular formula is C34H30O. The molecule has 1 nitrogen and oxygen atoms in total. The maximum atomic E-state index is 6.79. The minimum Gasteiger partial charge on any atom is -0.456 e. The number of hydrogen-bond donors (Lipinski definition) is 0. The van der Waals surface area contributed by atoms with Crippen LogP contribution >= 0.6 is 0 Å². The molecule has 0 saturated carbocycles. The van der Waals surface area contributed by atoms with Gasteiger partial charge in [-0.15, -0.1) is 13.2 Å². The maximum absolute atomic E-state index is 6.79. The minimum atomic E-state index is 0.723. The number of benzene rings is 4. The summed E-state index contributed by atoms with van der Waals surface area (Å²) >= 11 is 0. The Hall–Kier alpha value is -4.36. The van der Waals surface area contributed by atoms with E-state index in [1.807, 2.05) is 48.6 Å². The summed E-state index contributed by atoms with van der Waals surface area (Å²) < 4.78 is 6.79. The molecule has 4 aromatic carbocycles. The number of ether oxygens (including phenoxy) is 1. The minimum absolute atomic E-state index is 0.723. The quantitative estimate of drug-likeness (QED) is 0.171. The van der Waals surface area contributed by atoms with E-state index >= 15 is 0 Å². The lowest BCUT2D eigenvalue weighted by molar-refractivity contribution is 0.470. The molecule has 0 aromatic heterocycles. The zero-order valence-corrected chi connectivity index (χ0v) is 19.9. The Morgan fingerprint density at radius 3 is 1.31 bits per heavy atom. The molecule has 0 saturated heterocycles. The monoisotopic (exact) mass is 454 g/mol. The van der Waals surface area contributed by atoms with Gasteiger partial charge in [0.2, 0.25) is 0 Å². The number of allylic oxidation sites excluding steroid dienone is 2.